The number of aryl methyl sites for hydroxylation is 2. The lowest BCUT2D eigenvalue weighted by molar-refractivity contribution is 0.0947. The largest absolute Gasteiger partial charge is 0.488 e. The number of hydrogen-bond donors (Lipinski definition) is 2. The third-order valence-corrected chi connectivity index (χ3v) is 4.69. The number of hydrogen-bond acceptors (Lipinski definition) is 5. The number of carbonyl (C=O) groups excluding carboxylic acids is 1. The summed E-state index contributed by atoms with van der Waals surface area (Å²) in [6.07, 6.45) is 2.19. The standard InChI is InChI=1S/C19H25N3O3.ClH/c1-13-17(14(2)25-22-13)12-24-18-6-4-3-5-16(18)19(23)21-10-8-15-7-9-20-11-15;/h3-6,15,20H,7-12H2,1-2H3,(H,21,23);1H. The van der Waals surface area contributed by atoms with E-state index in [1.807, 2.05) is 32.0 Å². The van der Waals surface area contributed by atoms with Crippen LogP contribution in [0.15, 0.2) is 28.8 Å². The van der Waals surface area contributed by atoms with Gasteiger partial charge in [-0.05, 0) is 57.8 Å². The average Bonchev–Trinajstić information content (AvgIpc) is 3.24. The van der Waals surface area contributed by atoms with Crippen LogP contribution in [0.1, 0.15) is 40.2 Å². The Hall–Kier alpha value is -2.05. The van der Waals surface area contributed by atoms with Crippen LogP contribution >= 0.6 is 12.4 Å². The Bertz CT molecular complexity index is 707. The molecule has 1 aliphatic heterocycles. The summed E-state index contributed by atoms with van der Waals surface area (Å²) < 4.78 is 11.0. The predicted octanol–water partition coefficient (Wildman–Crippen LogP) is 3.02. The first-order valence-electron chi connectivity index (χ1n) is 8.77. The van der Waals surface area contributed by atoms with Crippen LogP contribution in [0.4, 0.5) is 0 Å². The highest BCUT2D eigenvalue weighted by molar-refractivity contribution is 5.96. The first-order valence-corrected chi connectivity index (χ1v) is 8.77. The van der Waals surface area contributed by atoms with Gasteiger partial charge in [-0.15, -0.1) is 12.4 Å². The zero-order chi connectivity index (χ0) is 17.6. The summed E-state index contributed by atoms with van der Waals surface area (Å²) in [4.78, 5) is 12.5. The summed E-state index contributed by atoms with van der Waals surface area (Å²) >= 11 is 0. The predicted molar refractivity (Wildman–Crippen MR) is 102 cm³/mol. The summed E-state index contributed by atoms with van der Waals surface area (Å²) in [5.74, 6) is 1.87. The van der Waals surface area contributed by atoms with Crippen molar-refractivity contribution in [3.8, 4) is 5.75 Å². The fraction of sp³-hybridized carbons (Fsp3) is 0.474. The number of rotatable bonds is 7. The fourth-order valence-electron chi connectivity index (χ4n) is 3.08. The maximum atomic E-state index is 12.5. The Labute approximate surface area is 160 Å². The van der Waals surface area contributed by atoms with E-state index in [4.69, 9.17) is 9.26 Å². The van der Waals surface area contributed by atoms with E-state index in [1.54, 1.807) is 6.07 Å². The molecule has 142 valence electrons. The molecule has 0 aliphatic carbocycles. The molecule has 3 rings (SSSR count). The second-order valence-corrected chi connectivity index (χ2v) is 6.49. The molecule has 1 amide bonds. The molecule has 0 spiro atoms. The molecular formula is C19H26ClN3O3. The molecule has 7 heteroatoms. The van der Waals surface area contributed by atoms with Crippen molar-refractivity contribution in [2.75, 3.05) is 19.6 Å². The number of nitrogens with one attached hydrogen (secondary N) is 2. The molecule has 1 aromatic heterocycles. The summed E-state index contributed by atoms with van der Waals surface area (Å²) in [6, 6.07) is 7.31. The number of halogens is 1. The molecule has 0 bridgehead atoms. The van der Waals surface area contributed by atoms with Crippen molar-refractivity contribution >= 4 is 18.3 Å². The average molecular weight is 380 g/mol. The molecule has 1 aromatic carbocycles. The van der Waals surface area contributed by atoms with E-state index in [1.165, 1.54) is 6.42 Å². The third kappa shape index (κ3) is 4.99. The highest BCUT2D eigenvalue weighted by Gasteiger charge is 2.17. The number of amides is 1. The van der Waals surface area contributed by atoms with Gasteiger partial charge in [0.1, 0.15) is 18.1 Å². The molecular weight excluding hydrogens is 354 g/mol. The quantitative estimate of drug-likeness (QED) is 0.773. The van der Waals surface area contributed by atoms with Crippen LogP contribution < -0.4 is 15.4 Å². The molecule has 1 atom stereocenters. The van der Waals surface area contributed by atoms with Gasteiger partial charge in [0, 0.05) is 6.54 Å². The van der Waals surface area contributed by atoms with Crippen molar-refractivity contribution in [3.63, 3.8) is 0 Å². The van der Waals surface area contributed by atoms with E-state index in [-0.39, 0.29) is 18.3 Å². The molecule has 26 heavy (non-hydrogen) atoms. The zero-order valence-electron chi connectivity index (χ0n) is 15.2. The van der Waals surface area contributed by atoms with Gasteiger partial charge in [0.05, 0.1) is 16.8 Å². The highest BCUT2D eigenvalue weighted by Crippen LogP contribution is 2.21. The van der Waals surface area contributed by atoms with Crippen LogP contribution in [0.3, 0.4) is 0 Å². The molecule has 2 aromatic rings. The molecule has 1 fully saturated rings. The molecule has 6 nitrogen and oxygen atoms in total. The summed E-state index contributed by atoms with van der Waals surface area (Å²) in [5, 5.41) is 10.3. The second kappa shape index (κ2) is 9.59. The summed E-state index contributed by atoms with van der Waals surface area (Å²) in [7, 11) is 0. The van der Waals surface area contributed by atoms with E-state index in [9.17, 15) is 4.79 Å². The van der Waals surface area contributed by atoms with Crippen molar-refractivity contribution in [2.24, 2.45) is 5.92 Å². The van der Waals surface area contributed by atoms with Gasteiger partial charge in [0.25, 0.3) is 5.91 Å². The minimum atomic E-state index is -0.0969. The van der Waals surface area contributed by atoms with Gasteiger partial charge >= 0.3 is 0 Å². The summed E-state index contributed by atoms with van der Waals surface area (Å²) in [5.41, 5.74) is 2.28. The van der Waals surface area contributed by atoms with Crippen molar-refractivity contribution in [2.45, 2.75) is 33.3 Å². The number of nitrogens with zero attached hydrogens (tertiary/aromatic N) is 1. The van der Waals surface area contributed by atoms with Crippen LogP contribution in [0.5, 0.6) is 5.75 Å². The molecule has 1 saturated heterocycles. The van der Waals surface area contributed by atoms with Crippen LogP contribution in [-0.2, 0) is 6.61 Å². The number of ether oxygens (including phenoxy) is 1. The zero-order valence-corrected chi connectivity index (χ0v) is 16.0. The minimum Gasteiger partial charge on any atom is -0.488 e. The van der Waals surface area contributed by atoms with Gasteiger partial charge in [0.2, 0.25) is 0 Å². The van der Waals surface area contributed by atoms with Crippen LogP contribution in [0.25, 0.3) is 0 Å². The van der Waals surface area contributed by atoms with Crippen molar-refractivity contribution in [1.29, 1.82) is 0 Å². The highest BCUT2D eigenvalue weighted by atomic mass is 35.5. The third-order valence-electron chi connectivity index (χ3n) is 4.69. The lowest BCUT2D eigenvalue weighted by Gasteiger charge is -2.13. The SMILES string of the molecule is Cc1noc(C)c1COc1ccccc1C(=O)NCCC1CCNC1.Cl. The van der Waals surface area contributed by atoms with Gasteiger partial charge in [-0.3, -0.25) is 4.79 Å². The Morgan fingerprint density at radius 2 is 2.19 bits per heavy atom. The Morgan fingerprint density at radius 1 is 1.38 bits per heavy atom. The number of aromatic nitrogens is 1. The summed E-state index contributed by atoms with van der Waals surface area (Å²) in [6.45, 7) is 6.88. The van der Waals surface area contributed by atoms with Gasteiger partial charge < -0.3 is 19.9 Å². The molecule has 1 aliphatic rings. The van der Waals surface area contributed by atoms with E-state index < -0.39 is 0 Å². The molecule has 2 N–H and O–H groups in total. The maximum Gasteiger partial charge on any atom is 0.255 e. The lowest BCUT2D eigenvalue weighted by atomic mass is 10.1. The van der Waals surface area contributed by atoms with Crippen LogP contribution in [0, 0.1) is 19.8 Å². The molecule has 0 saturated carbocycles. The topological polar surface area (TPSA) is 76.4 Å². The molecule has 1 unspecified atom stereocenters. The van der Waals surface area contributed by atoms with Crippen molar-refractivity contribution in [3.05, 3.63) is 46.8 Å². The Morgan fingerprint density at radius 3 is 2.88 bits per heavy atom. The molecule has 0 radical (unpaired) electrons. The first kappa shape index (κ1) is 20.3. The monoisotopic (exact) mass is 379 g/mol. The minimum absolute atomic E-state index is 0. The van der Waals surface area contributed by atoms with Gasteiger partial charge in [-0.2, -0.15) is 0 Å². The molecule has 2 heterocycles. The van der Waals surface area contributed by atoms with Gasteiger partial charge in [-0.1, -0.05) is 17.3 Å². The van der Waals surface area contributed by atoms with E-state index in [0.29, 0.717) is 30.4 Å². The fourth-order valence-corrected chi connectivity index (χ4v) is 3.08. The Kier molecular flexibility index (Phi) is 7.48. The van der Waals surface area contributed by atoms with Crippen molar-refractivity contribution < 1.29 is 14.1 Å². The van der Waals surface area contributed by atoms with E-state index in [0.717, 1.165) is 36.5 Å². The van der Waals surface area contributed by atoms with Gasteiger partial charge in [0.15, 0.2) is 0 Å². The maximum absolute atomic E-state index is 12.5. The van der Waals surface area contributed by atoms with Crippen molar-refractivity contribution in [1.82, 2.24) is 15.8 Å². The van der Waals surface area contributed by atoms with Crippen LogP contribution in [-0.4, -0.2) is 30.7 Å². The van der Waals surface area contributed by atoms with Crippen LogP contribution in [0.2, 0.25) is 0 Å². The Balaban J connectivity index is 0.00000243. The number of para-hydroxylation sites is 1. The first-order chi connectivity index (χ1) is 12.1. The number of carbonyl (C=O) groups is 1. The van der Waals surface area contributed by atoms with E-state index >= 15 is 0 Å². The second-order valence-electron chi connectivity index (χ2n) is 6.49. The van der Waals surface area contributed by atoms with E-state index in [2.05, 4.69) is 15.8 Å². The smallest absolute Gasteiger partial charge is 0.255 e. The normalized spacial score (nSPS) is 16.2. The van der Waals surface area contributed by atoms with Gasteiger partial charge in [-0.25, -0.2) is 0 Å². The lowest BCUT2D eigenvalue weighted by Crippen LogP contribution is -2.26. The number of benzene rings is 1.